The van der Waals surface area contributed by atoms with Crippen LogP contribution in [0.4, 0.5) is 26.3 Å². The number of ketones is 1. The van der Waals surface area contributed by atoms with E-state index in [9.17, 15) is 35.9 Å². The van der Waals surface area contributed by atoms with Crippen molar-refractivity contribution < 1.29 is 35.9 Å². The number of alkyl halides is 6. The lowest BCUT2D eigenvalue weighted by atomic mass is 9.95. The number of benzene rings is 3. The lowest BCUT2D eigenvalue weighted by Crippen LogP contribution is -2.42. The van der Waals surface area contributed by atoms with Gasteiger partial charge in [0.15, 0.2) is 5.78 Å². The number of carbonyl (C=O) groups is 2. The van der Waals surface area contributed by atoms with Crippen LogP contribution in [-0.2, 0) is 30.0 Å². The number of aryl methyl sites for hydroxylation is 1. The Morgan fingerprint density at radius 1 is 0.816 bits per heavy atom. The van der Waals surface area contributed by atoms with Gasteiger partial charge in [0.1, 0.15) is 0 Å². The number of nitrogens with one attached hydrogen (secondary N) is 2. The van der Waals surface area contributed by atoms with E-state index in [1.165, 1.54) is 0 Å². The molecule has 0 bridgehead atoms. The number of H-pyrrole nitrogens is 1. The third-order valence-corrected chi connectivity index (χ3v) is 6.14. The molecule has 0 spiro atoms. The van der Waals surface area contributed by atoms with E-state index in [0.717, 1.165) is 16.5 Å². The number of rotatable bonds is 8. The van der Waals surface area contributed by atoms with E-state index in [4.69, 9.17) is 0 Å². The van der Waals surface area contributed by atoms with Gasteiger partial charge >= 0.3 is 12.4 Å². The second kappa shape index (κ2) is 10.7. The first-order valence-corrected chi connectivity index (χ1v) is 11.6. The maximum Gasteiger partial charge on any atom is 0.416 e. The fourth-order valence-electron chi connectivity index (χ4n) is 4.20. The van der Waals surface area contributed by atoms with E-state index in [1.807, 2.05) is 24.3 Å². The molecule has 38 heavy (non-hydrogen) atoms. The highest BCUT2D eigenvalue weighted by Crippen LogP contribution is 2.36. The summed E-state index contributed by atoms with van der Waals surface area (Å²) in [4.78, 5) is 29.1. The number of aromatic amines is 1. The molecular formula is C28H22F6N2O2. The number of carbonyl (C=O) groups excluding carboxylic acids is 2. The Hall–Kier alpha value is -4.08. The molecule has 4 nitrogen and oxygen atoms in total. The second-order valence-corrected chi connectivity index (χ2v) is 8.84. The molecule has 0 aliphatic carbocycles. The summed E-state index contributed by atoms with van der Waals surface area (Å²) in [6.45, 7) is 0. The molecule has 2 N–H and O–H groups in total. The van der Waals surface area contributed by atoms with Gasteiger partial charge in [-0.1, -0.05) is 36.4 Å². The van der Waals surface area contributed by atoms with Crippen molar-refractivity contribution in [1.29, 1.82) is 0 Å². The molecule has 1 heterocycles. The normalized spacial score (nSPS) is 12.9. The molecule has 0 saturated heterocycles. The molecule has 4 rings (SSSR count). The van der Waals surface area contributed by atoms with Gasteiger partial charge < -0.3 is 10.3 Å². The second-order valence-electron chi connectivity index (χ2n) is 8.84. The van der Waals surface area contributed by atoms with Gasteiger partial charge in [-0.2, -0.15) is 26.3 Å². The third kappa shape index (κ3) is 6.42. The highest BCUT2D eigenvalue weighted by atomic mass is 19.4. The van der Waals surface area contributed by atoms with Gasteiger partial charge in [0.05, 0.1) is 17.2 Å². The fraction of sp³-hybridized carbons (Fsp3) is 0.214. The van der Waals surface area contributed by atoms with Gasteiger partial charge in [-0.05, 0) is 53.9 Å². The summed E-state index contributed by atoms with van der Waals surface area (Å²) in [5.41, 5.74) is -1.32. The molecule has 0 aliphatic heterocycles. The maximum absolute atomic E-state index is 13.2. The standard InChI is InChI=1S/C28H22F6N2O2/c29-27(30,31)20-12-17(13-21(15-20)28(32,33)34)10-11-25(37)24(36-26(38)18-6-2-1-3-7-18)14-19-16-35-23-9-5-4-8-22(19)23/h1-9,12-13,15-16,24,35H,10-11,14H2,(H,36,38). The molecule has 0 saturated carbocycles. The van der Waals surface area contributed by atoms with Gasteiger partial charge in [-0.25, -0.2) is 0 Å². The van der Waals surface area contributed by atoms with Crippen LogP contribution in [0.15, 0.2) is 79.0 Å². The van der Waals surface area contributed by atoms with E-state index >= 15 is 0 Å². The van der Waals surface area contributed by atoms with Crippen LogP contribution in [0.2, 0.25) is 0 Å². The van der Waals surface area contributed by atoms with Crippen molar-refractivity contribution in [2.45, 2.75) is 37.7 Å². The summed E-state index contributed by atoms with van der Waals surface area (Å²) < 4.78 is 79.3. The highest BCUT2D eigenvalue weighted by Gasteiger charge is 2.37. The number of halogens is 6. The Morgan fingerprint density at radius 3 is 2.05 bits per heavy atom. The SMILES string of the molecule is O=C(NC(Cc1c[nH]c2ccccc12)C(=O)CCc1cc(C(F)(F)F)cc(C(F)(F)F)c1)c1ccccc1. The molecule has 0 radical (unpaired) electrons. The minimum atomic E-state index is -4.98. The molecule has 4 aromatic rings. The van der Waals surface area contributed by atoms with E-state index < -0.39 is 41.2 Å². The summed E-state index contributed by atoms with van der Waals surface area (Å²) >= 11 is 0. The summed E-state index contributed by atoms with van der Waals surface area (Å²) in [5.74, 6) is -1.05. The molecule has 198 valence electrons. The zero-order valence-electron chi connectivity index (χ0n) is 19.8. The van der Waals surface area contributed by atoms with Gasteiger partial charge in [-0.3, -0.25) is 9.59 Å². The molecule has 10 heteroatoms. The Kier molecular flexibility index (Phi) is 7.61. The predicted molar refractivity (Wildman–Crippen MR) is 129 cm³/mol. The van der Waals surface area contributed by atoms with Gasteiger partial charge in [-0.15, -0.1) is 0 Å². The monoisotopic (exact) mass is 532 g/mol. The Morgan fingerprint density at radius 2 is 1.42 bits per heavy atom. The topological polar surface area (TPSA) is 62.0 Å². The lowest BCUT2D eigenvalue weighted by molar-refractivity contribution is -0.143. The number of para-hydroxylation sites is 1. The summed E-state index contributed by atoms with van der Waals surface area (Å²) in [6.07, 6.45) is -8.93. The van der Waals surface area contributed by atoms with Crippen LogP contribution in [0.1, 0.15) is 39.0 Å². The number of hydrogen-bond acceptors (Lipinski definition) is 2. The molecule has 0 aliphatic rings. The van der Waals surface area contributed by atoms with Crippen LogP contribution in [0.3, 0.4) is 0 Å². The molecule has 1 atom stereocenters. The van der Waals surface area contributed by atoms with Crippen molar-refractivity contribution in [2.24, 2.45) is 0 Å². The van der Waals surface area contributed by atoms with Crippen molar-refractivity contribution in [3.8, 4) is 0 Å². The largest absolute Gasteiger partial charge is 0.416 e. The van der Waals surface area contributed by atoms with Gasteiger partial charge in [0.25, 0.3) is 5.91 Å². The first-order valence-electron chi connectivity index (χ1n) is 11.6. The van der Waals surface area contributed by atoms with Crippen LogP contribution in [0.5, 0.6) is 0 Å². The third-order valence-electron chi connectivity index (χ3n) is 6.14. The minimum absolute atomic E-state index is 0.0468. The minimum Gasteiger partial charge on any atom is -0.361 e. The Labute approximate surface area is 213 Å². The van der Waals surface area contributed by atoms with Gasteiger partial charge in [0.2, 0.25) is 0 Å². The number of aromatic nitrogens is 1. The van der Waals surface area contributed by atoms with E-state index in [2.05, 4.69) is 10.3 Å². The van der Waals surface area contributed by atoms with E-state index in [1.54, 1.807) is 36.5 Å². The summed E-state index contributed by atoms with van der Waals surface area (Å²) in [7, 11) is 0. The lowest BCUT2D eigenvalue weighted by Gasteiger charge is -2.19. The molecule has 1 amide bonds. The Balaban J connectivity index is 1.58. The highest BCUT2D eigenvalue weighted by molar-refractivity contribution is 5.98. The predicted octanol–water partition coefficient (Wildman–Crippen LogP) is 6.75. The quantitative estimate of drug-likeness (QED) is 0.247. The number of Topliss-reactive ketones (excluding diaryl/α,β-unsaturated/α-hetero) is 1. The van der Waals surface area contributed by atoms with Crippen molar-refractivity contribution in [3.05, 3.63) is 107 Å². The molecular weight excluding hydrogens is 510 g/mol. The van der Waals surface area contributed by atoms with Crippen LogP contribution < -0.4 is 5.32 Å². The number of amides is 1. The van der Waals surface area contributed by atoms with E-state index in [0.29, 0.717) is 17.7 Å². The first-order chi connectivity index (χ1) is 17.9. The van der Waals surface area contributed by atoms with Crippen LogP contribution in [0, 0.1) is 0 Å². The van der Waals surface area contributed by atoms with Crippen molar-refractivity contribution in [2.75, 3.05) is 0 Å². The summed E-state index contributed by atoms with van der Waals surface area (Å²) in [5, 5.41) is 3.51. The zero-order valence-corrected chi connectivity index (χ0v) is 19.8. The molecule has 1 unspecified atom stereocenters. The van der Waals surface area contributed by atoms with Crippen LogP contribution in [0.25, 0.3) is 10.9 Å². The molecule has 1 aromatic heterocycles. The van der Waals surface area contributed by atoms with E-state index in [-0.39, 0.29) is 30.9 Å². The number of fused-ring (bicyclic) bond motifs is 1. The first kappa shape index (κ1) is 27.0. The number of hydrogen-bond donors (Lipinski definition) is 2. The summed E-state index contributed by atoms with van der Waals surface area (Å²) in [6, 6.07) is 15.7. The average Bonchev–Trinajstić information content (AvgIpc) is 3.29. The van der Waals surface area contributed by atoms with Crippen LogP contribution in [-0.4, -0.2) is 22.7 Å². The maximum atomic E-state index is 13.2. The molecule has 3 aromatic carbocycles. The zero-order chi connectivity index (χ0) is 27.5. The van der Waals surface area contributed by atoms with Gasteiger partial charge in [0, 0.05) is 35.5 Å². The fourth-order valence-corrected chi connectivity index (χ4v) is 4.20. The van der Waals surface area contributed by atoms with Crippen LogP contribution >= 0.6 is 0 Å². The van der Waals surface area contributed by atoms with Crippen molar-refractivity contribution in [3.63, 3.8) is 0 Å². The smallest absolute Gasteiger partial charge is 0.361 e. The molecule has 0 fully saturated rings. The van der Waals surface area contributed by atoms with Crippen molar-refractivity contribution in [1.82, 2.24) is 10.3 Å². The Bertz CT molecular complexity index is 1410. The average molecular weight is 532 g/mol. The van der Waals surface area contributed by atoms with Crippen molar-refractivity contribution >= 4 is 22.6 Å².